The molecule has 13 nitrogen and oxygen atoms in total. The van der Waals surface area contributed by atoms with Gasteiger partial charge in [-0.05, 0) is 56.6 Å². The zero-order valence-corrected chi connectivity index (χ0v) is 24.1. The van der Waals surface area contributed by atoms with Gasteiger partial charge in [0.15, 0.2) is 0 Å². The van der Waals surface area contributed by atoms with Gasteiger partial charge in [0, 0.05) is 6.54 Å². The lowest BCUT2D eigenvalue weighted by molar-refractivity contribution is -0.146. The average molecular weight is 580 g/mol. The van der Waals surface area contributed by atoms with Crippen LogP contribution in [-0.2, 0) is 30.5 Å². The predicted octanol–water partition coefficient (Wildman–Crippen LogP) is 2.04. The monoisotopic (exact) mass is 579 g/mol. The highest BCUT2D eigenvalue weighted by Gasteiger charge is 2.31. The van der Waals surface area contributed by atoms with Crippen LogP contribution < -0.4 is 27.0 Å². The lowest BCUT2D eigenvalue weighted by Gasteiger charge is -2.26. The quantitative estimate of drug-likeness (QED) is 0.105. The fourth-order valence-electron chi connectivity index (χ4n) is 3.87. The maximum absolute atomic E-state index is 13.2. The summed E-state index contributed by atoms with van der Waals surface area (Å²) in [6, 6.07) is 5.26. The third-order valence-electron chi connectivity index (χ3n) is 6.54. The number of hydrogen-bond acceptors (Lipinski definition) is 8. The van der Waals surface area contributed by atoms with Crippen molar-refractivity contribution in [2.45, 2.75) is 83.5 Å². The number of methoxy groups -OCH3 is 1. The molecule has 230 valence electrons. The number of amides is 4. The van der Waals surface area contributed by atoms with E-state index in [1.54, 1.807) is 6.92 Å². The number of nitrogens with two attached hydrogens (primary N) is 1. The van der Waals surface area contributed by atoms with Crippen molar-refractivity contribution in [2.75, 3.05) is 20.2 Å². The summed E-state index contributed by atoms with van der Waals surface area (Å²) in [5, 5.41) is 19.7. The molecule has 0 saturated carbocycles. The van der Waals surface area contributed by atoms with Gasteiger partial charge in [0.2, 0.25) is 5.91 Å². The number of carbonyl (C=O) groups excluding carboxylic acids is 4. The molecular formula is C28H45N5O8. The third kappa shape index (κ3) is 14.4. The molecule has 1 rings (SSSR count). The minimum absolute atomic E-state index is 0.134. The second kappa shape index (κ2) is 20.1. The summed E-state index contributed by atoms with van der Waals surface area (Å²) in [6.07, 6.45) is 2.36. The number of rotatable bonds is 19. The molecule has 4 amide bonds. The molecule has 0 radical (unpaired) electrons. The average Bonchev–Trinajstić information content (AvgIpc) is 2.97. The predicted molar refractivity (Wildman–Crippen MR) is 152 cm³/mol. The molecule has 0 spiro atoms. The van der Waals surface area contributed by atoms with Crippen LogP contribution >= 0.6 is 0 Å². The number of carboxylic acid groups (broad SMARTS) is 1. The van der Waals surface area contributed by atoms with E-state index in [2.05, 4.69) is 21.3 Å². The van der Waals surface area contributed by atoms with Crippen LogP contribution in [0.15, 0.2) is 30.3 Å². The Balaban J connectivity index is 2.75. The van der Waals surface area contributed by atoms with E-state index in [0.717, 1.165) is 5.56 Å². The van der Waals surface area contributed by atoms with Gasteiger partial charge in [-0.15, -0.1) is 0 Å². The van der Waals surface area contributed by atoms with E-state index >= 15 is 0 Å². The van der Waals surface area contributed by atoms with E-state index in [4.69, 9.17) is 15.2 Å². The largest absolute Gasteiger partial charge is 0.480 e. The van der Waals surface area contributed by atoms with Gasteiger partial charge in [-0.2, -0.15) is 0 Å². The van der Waals surface area contributed by atoms with Crippen molar-refractivity contribution in [1.29, 1.82) is 0 Å². The number of esters is 1. The Kier molecular flexibility index (Phi) is 17.2. The minimum atomic E-state index is -1.20. The molecule has 0 saturated heterocycles. The second-order valence-corrected chi connectivity index (χ2v) is 9.72. The summed E-state index contributed by atoms with van der Waals surface area (Å²) in [6.45, 7) is 4.46. The van der Waals surface area contributed by atoms with Crippen molar-refractivity contribution in [3.63, 3.8) is 0 Å². The van der Waals surface area contributed by atoms with Crippen molar-refractivity contribution in [2.24, 2.45) is 11.7 Å². The van der Waals surface area contributed by atoms with Gasteiger partial charge >= 0.3 is 24.1 Å². The Labute approximate surface area is 241 Å². The summed E-state index contributed by atoms with van der Waals surface area (Å²) in [4.78, 5) is 61.7. The standard InChI is InChI=1S/C28H45N5O8/c1-4-19(2)23(26(37)40-3)33-24(34)21(31-27(38)32-22(25(35)36)15-8-10-16-29)14-9-11-17-30-28(39)41-18-20-12-6-5-7-13-20/h5-7,12-13,19,21-23H,4,8-11,14-18,29H2,1-3H3,(H,30,39)(H,33,34)(H,35,36)(H2,31,32,38)/t19-,21+,22-,23-/m0/s1. The molecule has 0 aliphatic heterocycles. The van der Waals surface area contributed by atoms with Crippen LogP contribution in [0.5, 0.6) is 0 Å². The van der Waals surface area contributed by atoms with Gasteiger partial charge in [-0.3, -0.25) is 4.79 Å². The molecule has 41 heavy (non-hydrogen) atoms. The van der Waals surface area contributed by atoms with Crippen LogP contribution in [0.2, 0.25) is 0 Å². The van der Waals surface area contributed by atoms with Crippen molar-refractivity contribution in [3.8, 4) is 0 Å². The van der Waals surface area contributed by atoms with Crippen molar-refractivity contribution < 1.29 is 38.6 Å². The van der Waals surface area contributed by atoms with Crippen LogP contribution in [-0.4, -0.2) is 73.4 Å². The molecule has 1 aromatic rings. The fourth-order valence-corrected chi connectivity index (χ4v) is 3.87. The van der Waals surface area contributed by atoms with Crippen LogP contribution in [0.25, 0.3) is 0 Å². The first-order valence-electron chi connectivity index (χ1n) is 14.0. The number of nitrogens with one attached hydrogen (secondary N) is 4. The Morgan fingerprint density at radius 1 is 0.927 bits per heavy atom. The number of aliphatic carboxylic acids is 1. The van der Waals surface area contributed by atoms with E-state index < -0.39 is 48.1 Å². The van der Waals surface area contributed by atoms with Crippen molar-refractivity contribution in [1.82, 2.24) is 21.3 Å². The molecular weight excluding hydrogens is 534 g/mol. The van der Waals surface area contributed by atoms with E-state index in [0.29, 0.717) is 38.6 Å². The summed E-state index contributed by atoms with van der Waals surface area (Å²) < 4.78 is 10.00. The highest BCUT2D eigenvalue weighted by Crippen LogP contribution is 2.11. The maximum atomic E-state index is 13.2. The Morgan fingerprint density at radius 2 is 1.56 bits per heavy atom. The smallest absolute Gasteiger partial charge is 0.407 e. The number of unbranched alkanes of at least 4 members (excludes halogenated alkanes) is 2. The molecule has 0 aliphatic rings. The number of urea groups is 1. The van der Waals surface area contributed by atoms with Gasteiger partial charge in [0.1, 0.15) is 24.7 Å². The summed E-state index contributed by atoms with van der Waals surface area (Å²) >= 11 is 0. The molecule has 0 unspecified atom stereocenters. The first-order chi connectivity index (χ1) is 19.6. The molecule has 0 fully saturated rings. The highest BCUT2D eigenvalue weighted by molar-refractivity contribution is 5.91. The van der Waals surface area contributed by atoms with E-state index in [1.165, 1.54) is 7.11 Å². The fraction of sp³-hybridized carbons (Fsp3) is 0.607. The molecule has 0 bridgehead atoms. The van der Waals surface area contributed by atoms with Crippen molar-refractivity contribution in [3.05, 3.63) is 35.9 Å². The maximum Gasteiger partial charge on any atom is 0.407 e. The summed E-state index contributed by atoms with van der Waals surface area (Å²) in [7, 11) is 1.22. The number of alkyl carbamates (subject to hydrolysis) is 1. The second-order valence-electron chi connectivity index (χ2n) is 9.72. The SMILES string of the molecule is CC[C@H](C)[C@H](NC(=O)[C@@H](CCCCNC(=O)OCc1ccccc1)NC(=O)N[C@@H](CCCCN)C(=O)O)C(=O)OC. The van der Waals surface area contributed by atoms with E-state index in [-0.39, 0.29) is 31.9 Å². The van der Waals surface area contributed by atoms with Gasteiger partial charge in [0.25, 0.3) is 0 Å². The van der Waals surface area contributed by atoms with Crippen LogP contribution in [0, 0.1) is 5.92 Å². The summed E-state index contributed by atoms with van der Waals surface area (Å²) in [5.41, 5.74) is 6.32. The lowest BCUT2D eigenvalue weighted by Crippen LogP contribution is -2.56. The van der Waals surface area contributed by atoms with Gasteiger partial charge in [-0.1, -0.05) is 50.6 Å². The number of carboxylic acids is 1. The highest BCUT2D eigenvalue weighted by atomic mass is 16.5. The molecule has 7 N–H and O–H groups in total. The molecule has 0 heterocycles. The molecule has 4 atom stereocenters. The topological polar surface area (TPSA) is 198 Å². The van der Waals surface area contributed by atoms with Crippen LogP contribution in [0.3, 0.4) is 0 Å². The van der Waals surface area contributed by atoms with E-state index in [1.807, 2.05) is 37.3 Å². The Hall–Kier alpha value is -3.87. The van der Waals surface area contributed by atoms with Crippen LogP contribution in [0.4, 0.5) is 9.59 Å². The van der Waals surface area contributed by atoms with Gasteiger partial charge < -0.3 is 41.6 Å². The number of hydrogen-bond donors (Lipinski definition) is 6. The van der Waals surface area contributed by atoms with Crippen LogP contribution in [0.1, 0.15) is 64.4 Å². The zero-order valence-electron chi connectivity index (χ0n) is 24.1. The van der Waals surface area contributed by atoms with Gasteiger partial charge in [0.05, 0.1) is 7.11 Å². The minimum Gasteiger partial charge on any atom is -0.480 e. The number of carbonyl (C=O) groups is 5. The Morgan fingerprint density at radius 3 is 2.17 bits per heavy atom. The molecule has 0 aromatic heterocycles. The summed E-state index contributed by atoms with van der Waals surface area (Å²) in [5.74, 6) is -2.65. The first kappa shape index (κ1) is 35.2. The lowest BCUT2D eigenvalue weighted by atomic mass is 9.98. The van der Waals surface area contributed by atoms with Crippen molar-refractivity contribution >= 4 is 30.0 Å². The number of benzene rings is 1. The normalized spacial score (nSPS) is 13.6. The molecule has 13 heteroatoms. The third-order valence-corrected chi connectivity index (χ3v) is 6.54. The Bertz CT molecular complexity index is 962. The first-order valence-corrected chi connectivity index (χ1v) is 14.0. The van der Waals surface area contributed by atoms with E-state index in [9.17, 15) is 29.1 Å². The molecule has 1 aromatic carbocycles. The number of ether oxygens (including phenoxy) is 2. The molecule has 0 aliphatic carbocycles. The zero-order chi connectivity index (χ0) is 30.6. The van der Waals surface area contributed by atoms with Gasteiger partial charge in [-0.25, -0.2) is 19.2 Å².